The number of hydrogen-bond acceptors (Lipinski definition) is 9. The summed E-state index contributed by atoms with van der Waals surface area (Å²) in [6.07, 6.45) is 18.9. The molecule has 230 valence electrons. The highest BCUT2D eigenvalue weighted by Crippen LogP contribution is 2.28. The van der Waals surface area contributed by atoms with Gasteiger partial charge in [0.25, 0.3) is 0 Å². The number of esters is 1. The lowest BCUT2D eigenvalue weighted by molar-refractivity contribution is -0.0550. The first-order valence-electron chi connectivity index (χ1n) is 15.6. The normalized spacial score (nSPS) is 20.7. The Bertz CT molecular complexity index is 895. The van der Waals surface area contributed by atoms with Gasteiger partial charge >= 0.3 is 11.7 Å². The van der Waals surface area contributed by atoms with Gasteiger partial charge in [-0.2, -0.15) is 4.98 Å². The van der Waals surface area contributed by atoms with Crippen LogP contribution in [-0.2, 0) is 9.47 Å². The van der Waals surface area contributed by atoms with Crippen molar-refractivity contribution in [3.8, 4) is 0 Å². The number of unbranched alkanes of at least 4 members (excludes halogenated alkanes) is 17. The Labute approximate surface area is 239 Å². The van der Waals surface area contributed by atoms with Crippen LogP contribution in [0.4, 0.5) is 5.82 Å². The lowest BCUT2D eigenvalue weighted by Gasteiger charge is -2.18. The summed E-state index contributed by atoms with van der Waals surface area (Å²) in [6.45, 7) is 1.95. The molecule has 5 N–H and O–H groups in total. The Hall–Kier alpha value is -2.01. The number of aliphatic hydroxyl groups is 3. The zero-order valence-corrected chi connectivity index (χ0v) is 24.5. The first-order chi connectivity index (χ1) is 19.4. The number of anilines is 1. The fourth-order valence-electron chi connectivity index (χ4n) is 5.18. The number of hydrogen-bond donors (Lipinski definition) is 4. The van der Waals surface area contributed by atoms with Crippen LogP contribution in [0, 0.1) is 0 Å². The second-order valence-corrected chi connectivity index (χ2v) is 11.1. The summed E-state index contributed by atoms with van der Waals surface area (Å²) in [6, 6.07) is 0. The van der Waals surface area contributed by atoms with Crippen LogP contribution in [0.2, 0.25) is 0 Å². The smallest absolute Gasteiger partial charge is 0.351 e. The van der Waals surface area contributed by atoms with Crippen LogP contribution in [0.5, 0.6) is 0 Å². The molecule has 0 radical (unpaired) electrons. The molecule has 0 saturated carbocycles. The van der Waals surface area contributed by atoms with Crippen molar-refractivity contribution in [2.75, 3.05) is 18.9 Å². The Morgan fingerprint density at radius 2 is 1.35 bits per heavy atom. The van der Waals surface area contributed by atoms with E-state index in [0.717, 1.165) is 30.0 Å². The average molecular weight is 568 g/mol. The first-order valence-corrected chi connectivity index (χ1v) is 15.6. The third-order valence-electron chi connectivity index (χ3n) is 7.72. The molecule has 40 heavy (non-hydrogen) atoms. The molecule has 1 aliphatic rings. The molecule has 0 bridgehead atoms. The van der Waals surface area contributed by atoms with Gasteiger partial charge in [0.2, 0.25) is 0 Å². The van der Waals surface area contributed by atoms with Crippen LogP contribution < -0.4 is 11.4 Å². The van der Waals surface area contributed by atoms with Crippen molar-refractivity contribution in [3.63, 3.8) is 0 Å². The standard InChI is InChI=1S/C30H53N3O7/c1-2-3-4-5-6-7-8-9-10-11-12-13-14-15-16-17-18-19-20-39-29(37)23-21-33(30(38)32-27(23)31)28-26(36)25(35)24(22-34)40-28/h21,24-26,28,34-36H,2-20,22H2,1H3,(H2,31,32,38)/t24-,25-,26+,28-/m1/s1. The van der Waals surface area contributed by atoms with Gasteiger partial charge in [-0.3, -0.25) is 4.57 Å². The average Bonchev–Trinajstić information content (AvgIpc) is 3.22. The van der Waals surface area contributed by atoms with Crippen molar-refractivity contribution >= 4 is 11.8 Å². The molecular formula is C30H53N3O7. The summed E-state index contributed by atoms with van der Waals surface area (Å²) < 4.78 is 11.6. The molecule has 2 heterocycles. The molecule has 10 nitrogen and oxygen atoms in total. The molecular weight excluding hydrogens is 514 g/mol. The molecule has 1 fully saturated rings. The highest BCUT2D eigenvalue weighted by Gasteiger charge is 2.44. The summed E-state index contributed by atoms with van der Waals surface area (Å²) in [5, 5.41) is 29.4. The van der Waals surface area contributed by atoms with Gasteiger partial charge in [0.15, 0.2) is 6.23 Å². The van der Waals surface area contributed by atoms with E-state index >= 15 is 0 Å². The lowest BCUT2D eigenvalue weighted by atomic mass is 10.0. The summed E-state index contributed by atoms with van der Waals surface area (Å²) in [5.41, 5.74) is 4.78. The minimum atomic E-state index is -1.48. The number of nitrogen functional groups attached to an aromatic ring is 1. The van der Waals surface area contributed by atoms with Crippen LogP contribution in [0.25, 0.3) is 0 Å². The van der Waals surface area contributed by atoms with Gasteiger partial charge in [-0.25, -0.2) is 9.59 Å². The molecule has 1 aromatic rings. The molecule has 0 amide bonds. The van der Waals surface area contributed by atoms with Gasteiger partial charge in [0, 0.05) is 6.20 Å². The van der Waals surface area contributed by atoms with Crippen LogP contribution >= 0.6 is 0 Å². The number of nitrogens with zero attached hydrogens (tertiary/aromatic N) is 2. The molecule has 4 atom stereocenters. The van der Waals surface area contributed by atoms with Crippen LogP contribution in [0.3, 0.4) is 0 Å². The number of rotatable bonds is 22. The monoisotopic (exact) mass is 567 g/mol. The molecule has 1 saturated heterocycles. The highest BCUT2D eigenvalue weighted by molar-refractivity contribution is 5.93. The molecule has 1 aliphatic heterocycles. The Balaban J connectivity index is 1.52. The minimum Gasteiger partial charge on any atom is -0.462 e. The number of carbonyl (C=O) groups excluding carboxylic acids is 1. The molecule has 0 spiro atoms. The SMILES string of the molecule is CCCCCCCCCCCCCCCCCCCCOC(=O)c1cn([C@@H]2O[C@H](CO)[C@@H](O)[C@@H]2O)c(=O)nc1N. The van der Waals surface area contributed by atoms with Gasteiger partial charge in [0.1, 0.15) is 29.7 Å². The quantitative estimate of drug-likeness (QED) is 0.116. The molecule has 0 aromatic carbocycles. The zero-order valence-electron chi connectivity index (χ0n) is 24.5. The fourth-order valence-corrected chi connectivity index (χ4v) is 5.18. The number of nitrogens with two attached hydrogens (primary N) is 1. The first kappa shape index (κ1) is 34.2. The van der Waals surface area contributed by atoms with E-state index in [0.29, 0.717) is 0 Å². The van der Waals surface area contributed by atoms with E-state index in [1.54, 1.807) is 0 Å². The van der Waals surface area contributed by atoms with Crippen molar-refractivity contribution in [3.05, 3.63) is 22.2 Å². The topological polar surface area (TPSA) is 157 Å². The maximum Gasteiger partial charge on any atom is 0.351 e. The number of ether oxygens (including phenoxy) is 2. The maximum absolute atomic E-state index is 12.5. The summed E-state index contributed by atoms with van der Waals surface area (Å²) in [4.78, 5) is 28.4. The zero-order chi connectivity index (χ0) is 29.2. The molecule has 0 unspecified atom stereocenters. The summed E-state index contributed by atoms with van der Waals surface area (Å²) >= 11 is 0. The maximum atomic E-state index is 12.5. The van der Waals surface area contributed by atoms with E-state index in [2.05, 4.69) is 11.9 Å². The van der Waals surface area contributed by atoms with Crippen molar-refractivity contribution in [1.82, 2.24) is 9.55 Å². The van der Waals surface area contributed by atoms with E-state index in [1.807, 2.05) is 0 Å². The second kappa shape index (κ2) is 20.0. The fraction of sp³-hybridized carbons (Fsp3) is 0.833. The van der Waals surface area contributed by atoms with Gasteiger partial charge < -0.3 is 30.5 Å². The van der Waals surface area contributed by atoms with E-state index in [1.165, 1.54) is 96.3 Å². The van der Waals surface area contributed by atoms with E-state index < -0.39 is 42.8 Å². The number of aromatic nitrogens is 2. The summed E-state index contributed by atoms with van der Waals surface area (Å²) in [5.74, 6) is -1.01. The second-order valence-electron chi connectivity index (χ2n) is 11.1. The number of aliphatic hydroxyl groups excluding tert-OH is 3. The predicted molar refractivity (Wildman–Crippen MR) is 155 cm³/mol. The van der Waals surface area contributed by atoms with E-state index in [4.69, 9.17) is 15.2 Å². The van der Waals surface area contributed by atoms with E-state index in [9.17, 15) is 24.9 Å². The van der Waals surface area contributed by atoms with Crippen molar-refractivity contribution in [2.45, 2.75) is 147 Å². The third-order valence-corrected chi connectivity index (χ3v) is 7.72. The molecule has 1 aromatic heterocycles. The van der Waals surface area contributed by atoms with Crippen LogP contribution in [-0.4, -0.2) is 62.4 Å². The van der Waals surface area contributed by atoms with Crippen LogP contribution in [0.15, 0.2) is 11.0 Å². The highest BCUT2D eigenvalue weighted by atomic mass is 16.6. The Kier molecular flexibility index (Phi) is 17.1. The van der Waals surface area contributed by atoms with Gasteiger partial charge in [-0.1, -0.05) is 116 Å². The van der Waals surface area contributed by atoms with Crippen LogP contribution in [0.1, 0.15) is 139 Å². The van der Waals surface area contributed by atoms with E-state index in [-0.39, 0.29) is 18.0 Å². The van der Waals surface area contributed by atoms with Gasteiger partial charge in [0.05, 0.1) is 13.2 Å². The predicted octanol–water partition coefficient (Wildman–Crippen LogP) is 4.64. The third kappa shape index (κ3) is 11.8. The summed E-state index contributed by atoms with van der Waals surface area (Å²) in [7, 11) is 0. The lowest BCUT2D eigenvalue weighted by Crippen LogP contribution is -2.36. The molecule has 0 aliphatic carbocycles. The van der Waals surface area contributed by atoms with Gasteiger partial charge in [-0.15, -0.1) is 0 Å². The Morgan fingerprint density at radius 3 is 1.80 bits per heavy atom. The molecule has 2 rings (SSSR count). The van der Waals surface area contributed by atoms with Crippen molar-refractivity contribution in [1.29, 1.82) is 0 Å². The Morgan fingerprint density at radius 1 is 0.875 bits per heavy atom. The largest absolute Gasteiger partial charge is 0.462 e. The van der Waals surface area contributed by atoms with Crippen molar-refractivity contribution in [2.24, 2.45) is 0 Å². The number of carbonyl (C=O) groups is 1. The minimum absolute atomic E-state index is 0.125. The molecule has 10 heteroatoms. The van der Waals surface area contributed by atoms with Crippen molar-refractivity contribution < 1.29 is 29.6 Å². The van der Waals surface area contributed by atoms with Gasteiger partial charge in [-0.05, 0) is 6.42 Å².